The van der Waals surface area contributed by atoms with Crippen LogP contribution in [0.4, 0.5) is 8.78 Å². The number of nitrogens with one attached hydrogen (secondary N) is 8. The molecule has 0 saturated heterocycles. The second-order valence-corrected chi connectivity index (χ2v) is 17.8. The molecule has 29 nitrogen and oxygen atoms in total. The van der Waals surface area contributed by atoms with Crippen LogP contribution >= 0.6 is 0 Å². The summed E-state index contributed by atoms with van der Waals surface area (Å²) < 4.78 is 31.4. The molecular weight excluding hydrogens is 1030 g/mol. The van der Waals surface area contributed by atoms with Gasteiger partial charge in [0.2, 0.25) is 65.4 Å². The number of aliphatic carboxylic acids is 4. The number of halogens is 2. The highest BCUT2D eigenvalue weighted by Gasteiger charge is 2.45. The van der Waals surface area contributed by atoms with Crippen LogP contribution in [0.25, 0.3) is 0 Å². The van der Waals surface area contributed by atoms with Crippen molar-refractivity contribution in [1.29, 1.82) is 0 Å². The fraction of sp³-hybridized carbons (Fsp3) is 0.667. The maximum atomic E-state index is 15.7. The quantitative estimate of drug-likeness (QED) is 0.0265. The van der Waals surface area contributed by atoms with E-state index in [2.05, 4.69) is 21.3 Å². The van der Waals surface area contributed by atoms with E-state index in [4.69, 9.17) is 0 Å². The maximum Gasteiger partial charge on any atom is 0.305 e. The topological polar surface area (TPSA) is 474 Å². The van der Waals surface area contributed by atoms with Gasteiger partial charge in [0.15, 0.2) is 11.6 Å². The summed E-state index contributed by atoms with van der Waals surface area (Å²) in [4.78, 5) is 190. The van der Waals surface area contributed by atoms with Crippen molar-refractivity contribution < 1.29 is 111 Å². The van der Waals surface area contributed by atoms with Gasteiger partial charge in [0.25, 0.3) is 0 Å². The van der Waals surface area contributed by atoms with Gasteiger partial charge in [-0.25, -0.2) is 8.78 Å². The van der Waals surface area contributed by atoms with E-state index in [1.54, 1.807) is 38.3 Å². The van der Waals surface area contributed by atoms with E-state index in [0.717, 1.165) is 27.7 Å². The number of hydrogen-bond acceptors (Lipinski definition) is 17. The smallest absolute Gasteiger partial charge is 0.305 e. The third kappa shape index (κ3) is 23.3. The van der Waals surface area contributed by atoms with E-state index in [0.29, 0.717) is 12.8 Å². The van der Waals surface area contributed by atoms with Crippen molar-refractivity contribution in [1.82, 2.24) is 42.5 Å². The predicted octanol–water partition coefficient (Wildman–Crippen LogP) is -4.18. The van der Waals surface area contributed by atoms with Gasteiger partial charge in [-0.3, -0.25) is 71.9 Å². The fourth-order valence-corrected chi connectivity index (χ4v) is 6.84. The molecule has 0 radical (unpaired) electrons. The molecule has 0 fully saturated rings. The maximum absolute atomic E-state index is 15.7. The Balaban J connectivity index is 6.67. The number of rotatable bonds is 36. The Kier molecular flexibility index (Phi) is 29.4. The average Bonchev–Trinajstić information content (AvgIpc) is 3.32. The Morgan fingerprint density at radius 3 is 0.895 bits per heavy atom. The molecule has 2 unspecified atom stereocenters. The molecule has 14 N–H and O–H groups in total. The second kappa shape index (κ2) is 32.7. The van der Waals surface area contributed by atoms with E-state index in [-0.39, 0.29) is 0 Å². The first-order chi connectivity index (χ1) is 35.1. The third-order valence-corrected chi connectivity index (χ3v) is 11.5. The van der Waals surface area contributed by atoms with Gasteiger partial charge in [-0.05, 0) is 38.5 Å². The highest BCUT2D eigenvalue weighted by molar-refractivity contribution is 6.19. The minimum absolute atomic E-state index is 0.325. The minimum atomic E-state index is -3.87. The van der Waals surface area contributed by atoms with Gasteiger partial charge in [0.05, 0.1) is 25.0 Å². The summed E-state index contributed by atoms with van der Waals surface area (Å²) in [7, 11) is 0. The molecule has 0 aromatic heterocycles. The summed E-state index contributed by atoms with van der Waals surface area (Å²) >= 11 is 0. The summed E-state index contributed by atoms with van der Waals surface area (Å²) in [6.45, 7) is 10.4. The molecule has 0 aromatic carbocycles. The molecule has 0 aliphatic heterocycles. The number of aliphatic hydroxyl groups is 2. The van der Waals surface area contributed by atoms with Crippen LogP contribution in [-0.4, -0.2) is 192 Å². The normalized spacial score (nSPS) is 16.6. The van der Waals surface area contributed by atoms with Gasteiger partial charge in [-0.1, -0.05) is 40.5 Å². The first kappa shape index (κ1) is 68.4. The second-order valence-electron chi connectivity index (χ2n) is 17.8. The molecule has 0 bridgehead atoms. The van der Waals surface area contributed by atoms with Crippen LogP contribution in [0.15, 0.2) is 0 Å². The van der Waals surface area contributed by atoms with Crippen LogP contribution in [0.1, 0.15) is 107 Å². The first-order valence-corrected chi connectivity index (χ1v) is 23.6. The fourth-order valence-electron chi connectivity index (χ4n) is 6.84. The Labute approximate surface area is 433 Å². The van der Waals surface area contributed by atoms with Crippen molar-refractivity contribution in [2.45, 2.75) is 180 Å². The van der Waals surface area contributed by atoms with E-state index in [1.165, 1.54) is 0 Å². The number of hydrogen-bond donors (Lipinski definition) is 14. The summed E-state index contributed by atoms with van der Waals surface area (Å²) in [5.41, 5.74) is 0. The summed E-state index contributed by atoms with van der Waals surface area (Å²) in [5, 5.41) is 74.8. The lowest BCUT2D eigenvalue weighted by atomic mass is 9.95. The summed E-state index contributed by atoms with van der Waals surface area (Å²) in [6.07, 6.45) is -17.1. The molecule has 0 heterocycles. The lowest BCUT2D eigenvalue weighted by Crippen LogP contribution is -2.61. The number of Topliss-reactive ketones (excluding diaryl/α,β-unsaturated/α-hetero) is 3. The number of ketones is 3. The lowest BCUT2D eigenvalue weighted by molar-refractivity contribution is -0.148. The van der Waals surface area contributed by atoms with Crippen LogP contribution in [0.3, 0.4) is 0 Å². The molecule has 0 aromatic rings. The Hall–Kier alpha value is -7.57. The van der Waals surface area contributed by atoms with Gasteiger partial charge < -0.3 is 73.2 Å². The molecule has 0 rings (SSSR count). The van der Waals surface area contributed by atoms with Crippen molar-refractivity contribution in [2.75, 3.05) is 0 Å². The van der Waals surface area contributed by atoms with Crippen molar-refractivity contribution in [3.8, 4) is 0 Å². The monoisotopic (exact) mass is 1090 g/mol. The molecule has 0 aliphatic rings. The number of aliphatic hydroxyl groups excluding tert-OH is 2. The number of carboxylic acids is 4. The van der Waals surface area contributed by atoms with Crippen LogP contribution in [-0.2, 0) is 71.9 Å². The van der Waals surface area contributed by atoms with E-state index < -0.39 is 212 Å². The van der Waals surface area contributed by atoms with Crippen LogP contribution < -0.4 is 42.5 Å². The Morgan fingerprint density at radius 2 is 0.658 bits per heavy atom. The van der Waals surface area contributed by atoms with Gasteiger partial charge in [-0.2, -0.15) is 0 Å². The van der Waals surface area contributed by atoms with Crippen molar-refractivity contribution in [2.24, 2.45) is 11.8 Å². The molecule has 8 amide bonds. The molecule has 31 heteroatoms. The van der Waals surface area contributed by atoms with Crippen LogP contribution in [0.2, 0.25) is 0 Å². The lowest BCUT2D eigenvalue weighted by Gasteiger charge is -2.28. The number of carbonyl (C=O) groups is 15. The standard InChI is InChI=1S/C45H68F2N8O21/c1-9-17(3)33(48-21(7)58)42(73)50-23(11-13-27(60)61)40(71)54-35(19(5)56)44(75)52-25(15-29(64)65)37(68)31(46)39(70)32(47)38(69)26(16-30(66)67)53-45(76)36(20(6)57)55-41(72)24(12-14-28(62)63)51-43(74)34(18(4)10-2)49-22(8)59/h17-20,23-26,31-36,56-57H,9-16H2,1-8H3,(H,48,58)(H,49,59)(H,50,73)(H,51,74)(H,52,75)(H,53,76)(H,54,71)(H,55,72)(H,60,61)(H,62,63)(H,64,65)(H,66,67)/t17-,18-,19+,20+,23-,24-,25-,26-,31?,32?,33-,34-,35-,36-/m0/s1. The summed E-state index contributed by atoms with van der Waals surface area (Å²) in [5.74, 6) is -24.5. The van der Waals surface area contributed by atoms with E-state index in [9.17, 15) is 103 Å². The molecular formula is C45H68F2N8O21. The molecule has 428 valence electrons. The molecule has 76 heavy (non-hydrogen) atoms. The number of amides is 8. The largest absolute Gasteiger partial charge is 0.481 e. The van der Waals surface area contributed by atoms with Crippen molar-refractivity contribution >= 4 is 88.5 Å². The Morgan fingerprint density at radius 1 is 0.382 bits per heavy atom. The molecule has 0 saturated carbocycles. The minimum Gasteiger partial charge on any atom is -0.481 e. The van der Waals surface area contributed by atoms with Gasteiger partial charge in [0, 0.05) is 26.7 Å². The zero-order chi connectivity index (χ0) is 59.1. The molecule has 0 aliphatic carbocycles. The van der Waals surface area contributed by atoms with Crippen LogP contribution in [0, 0.1) is 11.8 Å². The highest BCUT2D eigenvalue weighted by Crippen LogP contribution is 2.15. The predicted molar refractivity (Wildman–Crippen MR) is 252 cm³/mol. The Bertz CT molecular complexity index is 2030. The third-order valence-electron chi connectivity index (χ3n) is 11.5. The SMILES string of the molecule is CC[C@H](C)[C@H](NC(C)=O)C(=O)N[C@@H](CCC(=O)O)C(=O)N[C@H](C(=O)N[C@@H](CC(=O)O)C(=O)C(F)C(=O)C(F)C(=O)[C@H](CC(=O)O)NC(=O)[C@@H](NC(=O)[C@H](CCC(=O)O)NC(=O)[C@@H](NC(C)=O)[C@@H](C)CC)[C@@H](C)O)[C@@H](C)O. The highest BCUT2D eigenvalue weighted by atomic mass is 19.1. The molecule has 0 spiro atoms. The average molecular weight is 1100 g/mol. The van der Waals surface area contributed by atoms with Gasteiger partial charge in [-0.15, -0.1) is 0 Å². The number of carbonyl (C=O) groups excluding carboxylic acids is 11. The van der Waals surface area contributed by atoms with Crippen LogP contribution in [0.5, 0.6) is 0 Å². The van der Waals surface area contributed by atoms with Gasteiger partial charge in [0.1, 0.15) is 48.3 Å². The molecule has 14 atom stereocenters. The first-order valence-electron chi connectivity index (χ1n) is 23.6. The zero-order valence-corrected chi connectivity index (χ0v) is 42.8. The number of carboxylic acid groups (broad SMARTS) is 4. The summed E-state index contributed by atoms with van der Waals surface area (Å²) in [6, 6.07) is -16.0. The van der Waals surface area contributed by atoms with E-state index in [1.807, 2.05) is 10.6 Å². The van der Waals surface area contributed by atoms with Crippen molar-refractivity contribution in [3.63, 3.8) is 0 Å². The van der Waals surface area contributed by atoms with Gasteiger partial charge >= 0.3 is 23.9 Å². The number of alkyl halides is 2. The zero-order valence-electron chi connectivity index (χ0n) is 42.8. The van der Waals surface area contributed by atoms with Crippen molar-refractivity contribution in [3.05, 3.63) is 0 Å². The van der Waals surface area contributed by atoms with E-state index >= 15 is 8.78 Å².